The number of hydrogen-bond acceptors (Lipinski definition) is 3. The van der Waals surface area contributed by atoms with E-state index in [1.54, 1.807) is 6.92 Å². The first-order chi connectivity index (χ1) is 7.13. The Morgan fingerprint density at radius 1 is 1.33 bits per heavy atom. The molecule has 84 valence electrons. The molecule has 3 nitrogen and oxygen atoms in total. The summed E-state index contributed by atoms with van der Waals surface area (Å²) < 4.78 is 5.34. The minimum absolute atomic E-state index is 0.0933. The molecule has 0 bridgehead atoms. The van der Waals surface area contributed by atoms with Crippen molar-refractivity contribution in [1.82, 2.24) is 0 Å². The molecule has 0 aromatic heterocycles. The van der Waals surface area contributed by atoms with Crippen molar-refractivity contribution in [2.75, 3.05) is 6.61 Å². The van der Waals surface area contributed by atoms with Gasteiger partial charge < -0.3 is 15.6 Å². The van der Waals surface area contributed by atoms with E-state index in [2.05, 4.69) is 6.92 Å². The van der Waals surface area contributed by atoms with Gasteiger partial charge in [0, 0.05) is 6.04 Å². The van der Waals surface area contributed by atoms with Gasteiger partial charge in [0.05, 0.1) is 6.10 Å². The number of ether oxygens (including phenoxy) is 1. The van der Waals surface area contributed by atoms with Gasteiger partial charge in [0.25, 0.3) is 0 Å². The molecule has 0 fully saturated rings. The van der Waals surface area contributed by atoms with Crippen LogP contribution in [0.25, 0.3) is 0 Å². The fraction of sp³-hybridized carbons (Fsp3) is 0.500. The number of aliphatic hydroxyl groups excluding tert-OH is 1. The van der Waals surface area contributed by atoms with Gasteiger partial charge >= 0.3 is 0 Å². The van der Waals surface area contributed by atoms with Crippen LogP contribution in [0.2, 0.25) is 0 Å². The van der Waals surface area contributed by atoms with Crippen LogP contribution in [0.15, 0.2) is 24.3 Å². The van der Waals surface area contributed by atoms with Gasteiger partial charge in [-0.25, -0.2) is 0 Å². The number of rotatable bonds is 5. The highest BCUT2D eigenvalue weighted by Crippen LogP contribution is 2.18. The molecular formula is C12H19NO2. The maximum absolute atomic E-state index is 9.05. The van der Waals surface area contributed by atoms with Crippen molar-refractivity contribution in [1.29, 1.82) is 0 Å². The van der Waals surface area contributed by atoms with E-state index < -0.39 is 6.10 Å². The number of hydrogen-bond donors (Lipinski definition) is 2. The fourth-order valence-electron chi connectivity index (χ4n) is 1.26. The molecule has 15 heavy (non-hydrogen) atoms. The van der Waals surface area contributed by atoms with Crippen molar-refractivity contribution in [3.05, 3.63) is 29.8 Å². The summed E-state index contributed by atoms with van der Waals surface area (Å²) in [6.07, 6.45) is 0.482. The molecule has 2 atom stereocenters. The zero-order valence-corrected chi connectivity index (χ0v) is 9.31. The first kappa shape index (κ1) is 12.0. The second kappa shape index (κ2) is 5.73. The Labute approximate surface area is 90.9 Å². The van der Waals surface area contributed by atoms with Crippen LogP contribution in [-0.4, -0.2) is 17.8 Å². The summed E-state index contributed by atoms with van der Waals surface area (Å²) >= 11 is 0. The highest BCUT2D eigenvalue weighted by atomic mass is 16.5. The third-order valence-electron chi connectivity index (χ3n) is 2.24. The zero-order chi connectivity index (χ0) is 11.3. The van der Waals surface area contributed by atoms with E-state index in [0.717, 1.165) is 17.7 Å². The van der Waals surface area contributed by atoms with E-state index >= 15 is 0 Å². The van der Waals surface area contributed by atoms with Crippen molar-refractivity contribution in [2.45, 2.75) is 32.4 Å². The van der Waals surface area contributed by atoms with Gasteiger partial charge in [0.15, 0.2) is 0 Å². The summed E-state index contributed by atoms with van der Waals surface area (Å²) in [7, 11) is 0. The molecule has 1 aromatic rings. The number of aliphatic hydroxyl groups is 1. The molecule has 3 N–H and O–H groups in total. The van der Waals surface area contributed by atoms with E-state index in [1.165, 1.54) is 0 Å². The van der Waals surface area contributed by atoms with Crippen molar-refractivity contribution < 1.29 is 9.84 Å². The van der Waals surface area contributed by atoms with E-state index in [4.69, 9.17) is 15.6 Å². The van der Waals surface area contributed by atoms with E-state index in [-0.39, 0.29) is 6.04 Å². The third kappa shape index (κ3) is 3.90. The molecule has 0 aliphatic rings. The van der Waals surface area contributed by atoms with Crippen LogP contribution >= 0.6 is 0 Å². The summed E-state index contributed by atoms with van der Waals surface area (Å²) in [4.78, 5) is 0. The van der Waals surface area contributed by atoms with Gasteiger partial charge in [-0.2, -0.15) is 0 Å². The maximum Gasteiger partial charge on any atom is 0.119 e. The Bertz CT molecular complexity index is 282. The molecular weight excluding hydrogens is 190 g/mol. The van der Waals surface area contributed by atoms with Crippen molar-refractivity contribution in [3.63, 3.8) is 0 Å². The molecule has 0 saturated heterocycles. The maximum atomic E-state index is 9.05. The molecule has 0 aliphatic heterocycles. The van der Waals surface area contributed by atoms with Gasteiger partial charge in [-0.1, -0.05) is 19.1 Å². The number of benzene rings is 1. The Morgan fingerprint density at radius 3 is 2.40 bits per heavy atom. The Morgan fingerprint density at radius 2 is 1.93 bits per heavy atom. The summed E-state index contributed by atoms with van der Waals surface area (Å²) in [5, 5.41) is 9.05. The first-order valence-corrected chi connectivity index (χ1v) is 5.30. The smallest absolute Gasteiger partial charge is 0.119 e. The van der Waals surface area contributed by atoms with Crippen LogP contribution in [0.1, 0.15) is 31.9 Å². The molecule has 0 saturated carbocycles. The van der Waals surface area contributed by atoms with Gasteiger partial charge in [-0.3, -0.25) is 0 Å². The predicted molar refractivity (Wildman–Crippen MR) is 60.8 cm³/mol. The summed E-state index contributed by atoms with van der Waals surface area (Å²) in [6.45, 7) is 4.07. The highest BCUT2D eigenvalue weighted by Gasteiger charge is 2.03. The van der Waals surface area contributed by atoms with Crippen LogP contribution in [0.3, 0.4) is 0 Å². The van der Waals surface area contributed by atoms with Crippen LogP contribution in [0.4, 0.5) is 0 Å². The van der Waals surface area contributed by atoms with Gasteiger partial charge in [0.1, 0.15) is 12.4 Å². The molecule has 1 unspecified atom stereocenters. The zero-order valence-electron chi connectivity index (χ0n) is 9.31. The molecule has 0 aliphatic carbocycles. The highest BCUT2D eigenvalue weighted by molar-refractivity contribution is 5.28. The van der Waals surface area contributed by atoms with Crippen molar-refractivity contribution in [2.24, 2.45) is 5.73 Å². The quantitative estimate of drug-likeness (QED) is 0.778. The Kier molecular flexibility index (Phi) is 4.59. The van der Waals surface area contributed by atoms with Crippen LogP contribution in [-0.2, 0) is 0 Å². The molecule has 0 spiro atoms. The molecule has 0 amide bonds. The summed E-state index contributed by atoms with van der Waals surface area (Å²) in [5.41, 5.74) is 7.00. The monoisotopic (exact) mass is 209 g/mol. The second-order valence-corrected chi connectivity index (χ2v) is 3.74. The van der Waals surface area contributed by atoms with E-state index in [9.17, 15) is 0 Å². The van der Waals surface area contributed by atoms with Gasteiger partial charge in [0.2, 0.25) is 0 Å². The van der Waals surface area contributed by atoms with Gasteiger partial charge in [-0.05, 0) is 31.0 Å². The SMILES string of the molecule is CC[C@H](N)c1ccc(OCC(C)O)cc1. The van der Waals surface area contributed by atoms with Crippen LogP contribution < -0.4 is 10.5 Å². The predicted octanol–water partition coefficient (Wildman–Crippen LogP) is 1.86. The van der Waals surface area contributed by atoms with E-state index in [0.29, 0.717) is 6.61 Å². The lowest BCUT2D eigenvalue weighted by atomic mass is 10.1. The molecule has 3 heteroatoms. The fourth-order valence-corrected chi connectivity index (χ4v) is 1.26. The largest absolute Gasteiger partial charge is 0.491 e. The number of nitrogens with two attached hydrogens (primary N) is 1. The van der Waals surface area contributed by atoms with Crippen molar-refractivity contribution in [3.8, 4) is 5.75 Å². The standard InChI is InChI=1S/C12H19NO2/c1-3-12(13)10-4-6-11(7-5-10)15-8-9(2)14/h4-7,9,12,14H,3,8,13H2,1-2H3/t9?,12-/m0/s1. The minimum Gasteiger partial charge on any atom is -0.491 e. The molecule has 1 aromatic carbocycles. The second-order valence-electron chi connectivity index (χ2n) is 3.74. The lowest BCUT2D eigenvalue weighted by Gasteiger charge is -2.11. The average molecular weight is 209 g/mol. The van der Waals surface area contributed by atoms with Crippen LogP contribution in [0.5, 0.6) is 5.75 Å². The lowest BCUT2D eigenvalue weighted by molar-refractivity contribution is 0.122. The average Bonchev–Trinajstić information content (AvgIpc) is 2.26. The molecule has 0 radical (unpaired) electrons. The molecule has 0 heterocycles. The summed E-state index contributed by atoms with van der Waals surface area (Å²) in [5.74, 6) is 0.767. The van der Waals surface area contributed by atoms with Crippen molar-refractivity contribution >= 4 is 0 Å². The Balaban J connectivity index is 2.56. The topological polar surface area (TPSA) is 55.5 Å². The lowest BCUT2D eigenvalue weighted by Crippen LogP contribution is -2.13. The first-order valence-electron chi connectivity index (χ1n) is 5.30. The van der Waals surface area contributed by atoms with Gasteiger partial charge in [-0.15, -0.1) is 0 Å². The Hall–Kier alpha value is -1.06. The van der Waals surface area contributed by atoms with Crippen LogP contribution in [0, 0.1) is 0 Å². The van der Waals surface area contributed by atoms with E-state index in [1.807, 2.05) is 24.3 Å². The normalized spacial score (nSPS) is 14.7. The minimum atomic E-state index is -0.442. The molecule has 1 rings (SSSR count). The summed E-state index contributed by atoms with van der Waals surface area (Å²) in [6, 6.07) is 7.79. The third-order valence-corrected chi connectivity index (χ3v) is 2.24.